The van der Waals surface area contributed by atoms with E-state index >= 15 is 0 Å². The molecule has 1 amide bonds. The molecule has 0 saturated carbocycles. The lowest BCUT2D eigenvalue weighted by molar-refractivity contribution is -0.117. The van der Waals surface area contributed by atoms with Gasteiger partial charge in [-0.05, 0) is 18.4 Å². The second-order valence-electron chi connectivity index (χ2n) is 2.45. The summed E-state index contributed by atoms with van der Waals surface area (Å²) in [7, 11) is 0. The minimum atomic E-state index is -0.657. The van der Waals surface area contributed by atoms with Gasteiger partial charge in [-0.25, -0.2) is 0 Å². The maximum Gasteiger partial charge on any atom is 0.241 e. The average molecular weight is 215 g/mol. The van der Waals surface area contributed by atoms with Crippen molar-refractivity contribution < 1.29 is 4.79 Å². The highest BCUT2D eigenvalue weighted by molar-refractivity contribution is 7.15. The number of carbonyl (C=O) groups is 1. The predicted octanol–water partition coefficient (Wildman–Crippen LogP) is 2.50. The van der Waals surface area contributed by atoms with E-state index in [9.17, 15) is 4.79 Å². The largest absolute Gasteiger partial charge is 0.323 e. The zero-order valence-electron chi connectivity index (χ0n) is 6.87. The molecular weight excluding hydrogens is 208 g/mol. The van der Waals surface area contributed by atoms with E-state index in [1.165, 1.54) is 18.3 Å². The van der Waals surface area contributed by atoms with Gasteiger partial charge in [0.15, 0.2) is 0 Å². The first kappa shape index (κ1) is 10.0. The van der Waals surface area contributed by atoms with Crippen LogP contribution in [0.5, 0.6) is 0 Å². The van der Waals surface area contributed by atoms with Crippen molar-refractivity contribution in [1.82, 2.24) is 0 Å². The van der Waals surface area contributed by atoms with Crippen LogP contribution in [-0.4, -0.2) is 5.91 Å². The lowest BCUT2D eigenvalue weighted by Crippen LogP contribution is -2.18. The van der Waals surface area contributed by atoms with Crippen LogP contribution in [0.2, 0.25) is 4.34 Å². The number of rotatable bonds is 2. The van der Waals surface area contributed by atoms with Crippen molar-refractivity contribution in [1.29, 1.82) is 5.26 Å². The number of anilines is 1. The van der Waals surface area contributed by atoms with E-state index in [4.69, 9.17) is 16.9 Å². The summed E-state index contributed by atoms with van der Waals surface area (Å²) < 4.78 is 0.526. The Hall–Kier alpha value is -1.05. The molecule has 1 N–H and O–H groups in total. The van der Waals surface area contributed by atoms with Crippen molar-refractivity contribution in [3.8, 4) is 6.07 Å². The van der Waals surface area contributed by atoms with Crippen molar-refractivity contribution >= 4 is 34.5 Å². The maximum atomic E-state index is 11.2. The van der Waals surface area contributed by atoms with E-state index in [0.717, 1.165) is 0 Å². The SMILES string of the molecule is CC(C#N)C(=O)Nc1ccsc1Cl. The van der Waals surface area contributed by atoms with Crippen LogP contribution in [0.4, 0.5) is 5.69 Å². The van der Waals surface area contributed by atoms with Crippen LogP contribution in [0.3, 0.4) is 0 Å². The number of hydrogen-bond acceptors (Lipinski definition) is 3. The van der Waals surface area contributed by atoms with Crippen molar-refractivity contribution in [3.63, 3.8) is 0 Å². The van der Waals surface area contributed by atoms with Crippen LogP contribution < -0.4 is 5.32 Å². The highest BCUT2D eigenvalue weighted by Crippen LogP contribution is 2.27. The minimum absolute atomic E-state index is 0.331. The van der Waals surface area contributed by atoms with E-state index in [1.54, 1.807) is 11.4 Å². The van der Waals surface area contributed by atoms with Gasteiger partial charge in [-0.2, -0.15) is 5.26 Å². The normalized spacial score (nSPS) is 11.8. The van der Waals surface area contributed by atoms with Crippen LogP contribution in [0.1, 0.15) is 6.92 Å². The summed E-state index contributed by atoms with van der Waals surface area (Å²) in [5.74, 6) is -0.987. The molecule has 0 saturated heterocycles. The lowest BCUT2D eigenvalue weighted by atomic mass is 10.2. The van der Waals surface area contributed by atoms with Gasteiger partial charge >= 0.3 is 0 Å². The molecule has 1 heterocycles. The van der Waals surface area contributed by atoms with Gasteiger partial charge in [0.25, 0.3) is 0 Å². The summed E-state index contributed by atoms with van der Waals surface area (Å²) >= 11 is 7.09. The van der Waals surface area contributed by atoms with E-state index in [2.05, 4.69) is 5.32 Å². The monoisotopic (exact) mass is 214 g/mol. The fourth-order valence-corrected chi connectivity index (χ4v) is 1.52. The Labute approximate surface area is 84.9 Å². The number of carbonyl (C=O) groups excluding carboxylic acids is 1. The van der Waals surface area contributed by atoms with Crippen LogP contribution in [-0.2, 0) is 4.79 Å². The molecule has 0 fully saturated rings. The van der Waals surface area contributed by atoms with Gasteiger partial charge in [-0.15, -0.1) is 11.3 Å². The van der Waals surface area contributed by atoms with Gasteiger partial charge in [-0.3, -0.25) is 4.79 Å². The minimum Gasteiger partial charge on any atom is -0.323 e. The lowest BCUT2D eigenvalue weighted by Gasteiger charge is -2.03. The summed E-state index contributed by atoms with van der Waals surface area (Å²) in [5.41, 5.74) is 0.568. The standard InChI is InChI=1S/C8H7ClN2OS/c1-5(4-10)8(12)11-6-2-3-13-7(6)9/h2-3,5H,1H3,(H,11,12). The first-order valence-electron chi connectivity index (χ1n) is 3.58. The van der Waals surface area contributed by atoms with Crippen molar-refractivity contribution in [2.45, 2.75) is 6.92 Å². The summed E-state index contributed by atoms with van der Waals surface area (Å²) in [6.07, 6.45) is 0. The predicted molar refractivity (Wildman–Crippen MR) is 52.7 cm³/mol. The highest BCUT2D eigenvalue weighted by atomic mass is 35.5. The molecule has 0 bridgehead atoms. The number of nitrogens with one attached hydrogen (secondary N) is 1. The quantitative estimate of drug-likeness (QED) is 0.823. The van der Waals surface area contributed by atoms with Gasteiger partial charge in [0, 0.05) is 0 Å². The van der Waals surface area contributed by atoms with Crippen LogP contribution in [0, 0.1) is 17.2 Å². The van der Waals surface area contributed by atoms with E-state index in [0.29, 0.717) is 10.0 Å². The zero-order chi connectivity index (χ0) is 9.84. The number of amides is 1. The van der Waals surface area contributed by atoms with Gasteiger partial charge in [0.05, 0.1) is 11.8 Å². The van der Waals surface area contributed by atoms with Gasteiger partial charge in [0.2, 0.25) is 5.91 Å². The fraction of sp³-hybridized carbons (Fsp3) is 0.250. The van der Waals surface area contributed by atoms with E-state index in [-0.39, 0.29) is 5.91 Å². The molecule has 0 radical (unpaired) electrons. The number of thiophene rings is 1. The Balaban J connectivity index is 2.66. The highest BCUT2D eigenvalue weighted by Gasteiger charge is 2.13. The molecule has 0 aliphatic heterocycles. The molecule has 1 rings (SSSR count). The molecule has 0 aliphatic rings. The Kier molecular flexibility index (Phi) is 3.29. The summed E-state index contributed by atoms with van der Waals surface area (Å²) in [6, 6.07) is 3.55. The molecule has 1 aromatic rings. The number of hydrogen-bond donors (Lipinski definition) is 1. The summed E-state index contributed by atoms with van der Waals surface area (Å²) in [6.45, 7) is 1.54. The molecule has 0 aromatic carbocycles. The third-order valence-electron chi connectivity index (χ3n) is 1.46. The summed E-state index contributed by atoms with van der Waals surface area (Å²) in [4.78, 5) is 11.2. The molecule has 5 heteroatoms. The van der Waals surface area contributed by atoms with E-state index < -0.39 is 5.92 Å². The Bertz CT molecular complexity index is 355. The average Bonchev–Trinajstić information content (AvgIpc) is 2.50. The van der Waals surface area contributed by atoms with Gasteiger partial charge in [-0.1, -0.05) is 11.6 Å². The molecule has 3 nitrogen and oxygen atoms in total. The van der Waals surface area contributed by atoms with Crippen molar-refractivity contribution in [3.05, 3.63) is 15.8 Å². The molecule has 13 heavy (non-hydrogen) atoms. The second kappa shape index (κ2) is 4.26. The topological polar surface area (TPSA) is 52.9 Å². The third kappa shape index (κ3) is 2.44. The second-order valence-corrected chi connectivity index (χ2v) is 3.97. The Morgan fingerprint density at radius 3 is 3.00 bits per heavy atom. The first-order valence-corrected chi connectivity index (χ1v) is 4.84. The molecule has 1 aromatic heterocycles. The molecule has 0 spiro atoms. The molecule has 68 valence electrons. The number of nitriles is 1. The molecule has 0 aliphatic carbocycles. The zero-order valence-corrected chi connectivity index (χ0v) is 8.45. The third-order valence-corrected chi connectivity index (χ3v) is 2.63. The van der Waals surface area contributed by atoms with Crippen LogP contribution >= 0.6 is 22.9 Å². The Morgan fingerprint density at radius 1 is 1.85 bits per heavy atom. The number of halogens is 1. The van der Waals surface area contributed by atoms with E-state index in [1.807, 2.05) is 6.07 Å². The smallest absolute Gasteiger partial charge is 0.241 e. The van der Waals surface area contributed by atoms with Gasteiger partial charge < -0.3 is 5.32 Å². The fourth-order valence-electron chi connectivity index (χ4n) is 0.681. The summed E-state index contributed by atoms with van der Waals surface area (Å²) in [5, 5.41) is 12.8. The molecule has 1 atom stereocenters. The molecule has 1 unspecified atom stereocenters. The molecular formula is C8H7ClN2OS. The van der Waals surface area contributed by atoms with Gasteiger partial charge in [0.1, 0.15) is 10.3 Å². The van der Waals surface area contributed by atoms with Crippen LogP contribution in [0.25, 0.3) is 0 Å². The van der Waals surface area contributed by atoms with Crippen molar-refractivity contribution in [2.24, 2.45) is 5.92 Å². The van der Waals surface area contributed by atoms with Crippen LogP contribution in [0.15, 0.2) is 11.4 Å². The maximum absolute atomic E-state index is 11.2. The first-order chi connectivity index (χ1) is 6.15. The number of nitrogens with zero attached hydrogens (tertiary/aromatic N) is 1. The Morgan fingerprint density at radius 2 is 2.54 bits per heavy atom. The van der Waals surface area contributed by atoms with Crippen molar-refractivity contribution in [2.75, 3.05) is 5.32 Å².